The average molecular weight is 298 g/mol. The number of alkyl halides is 3. The number of carbonyl (C=O) groups excluding carboxylic acids is 1. The lowest BCUT2D eigenvalue weighted by atomic mass is 9.86. The van der Waals surface area contributed by atoms with E-state index in [1.54, 1.807) is 0 Å². The Morgan fingerprint density at radius 3 is 2.50 bits per heavy atom. The molecular weight excluding hydrogens is 281 g/mol. The van der Waals surface area contributed by atoms with E-state index in [1.807, 2.05) is 0 Å². The summed E-state index contributed by atoms with van der Waals surface area (Å²) in [5.41, 5.74) is 2.66. The van der Waals surface area contributed by atoms with Gasteiger partial charge in [0.05, 0.1) is 6.04 Å². The summed E-state index contributed by atoms with van der Waals surface area (Å²) < 4.78 is 43.5. The number of hydrogen-bond acceptors (Lipinski definition) is 4. The molecule has 1 saturated heterocycles. The first kappa shape index (κ1) is 16.7. The zero-order valence-electron chi connectivity index (χ0n) is 10.9. The normalized spacial score (nSPS) is 24.8. The van der Waals surface area contributed by atoms with E-state index in [-0.39, 0.29) is 19.6 Å². The van der Waals surface area contributed by atoms with E-state index < -0.39 is 42.5 Å². The topological polar surface area (TPSA) is 92.9 Å². The Morgan fingerprint density at radius 1 is 1.50 bits per heavy atom. The van der Waals surface area contributed by atoms with Crippen LogP contribution in [0, 0.1) is 5.41 Å². The minimum absolute atomic E-state index is 0.165. The van der Waals surface area contributed by atoms with Gasteiger partial charge in [-0.05, 0) is 12.8 Å². The number of carbonyl (C=O) groups is 2. The van der Waals surface area contributed by atoms with Crippen LogP contribution in [0.4, 0.5) is 13.2 Å². The zero-order chi connectivity index (χ0) is 15.6. The highest BCUT2D eigenvalue weighted by atomic mass is 19.4. The van der Waals surface area contributed by atoms with E-state index in [2.05, 4.69) is 0 Å². The van der Waals surface area contributed by atoms with Gasteiger partial charge < -0.3 is 20.5 Å². The summed E-state index contributed by atoms with van der Waals surface area (Å²) in [6.07, 6.45) is -5.41. The minimum Gasteiger partial charge on any atom is -0.481 e. The number of rotatable bonds is 5. The molecule has 0 radical (unpaired) electrons. The molecule has 0 aromatic carbocycles. The fourth-order valence-electron chi connectivity index (χ4n) is 2.13. The minimum atomic E-state index is -4.91. The number of hydrogen-bond donors (Lipinski definition) is 2. The van der Waals surface area contributed by atoms with E-state index in [1.165, 1.54) is 7.11 Å². The summed E-state index contributed by atoms with van der Waals surface area (Å²) in [5.74, 6) is -2.65. The first-order chi connectivity index (χ1) is 9.15. The highest BCUT2D eigenvalue weighted by molar-refractivity contribution is 5.84. The molecule has 2 atom stereocenters. The highest BCUT2D eigenvalue weighted by Crippen LogP contribution is 2.45. The number of methoxy groups -OCH3 is 1. The Balaban J connectivity index is 2.79. The molecule has 0 aromatic heterocycles. The Bertz CT molecular complexity index is 388. The SMILES string of the molecule is COCCC(N)C(=O)N1CCC(C(=O)O)(C(F)(F)F)C1. The van der Waals surface area contributed by atoms with Crippen LogP contribution in [0.3, 0.4) is 0 Å². The van der Waals surface area contributed by atoms with Crippen LogP contribution in [0.2, 0.25) is 0 Å². The van der Waals surface area contributed by atoms with Gasteiger partial charge in [0, 0.05) is 26.8 Å². The first-order valence-electron chi connectivity index (χ1n) is 5.99. The van der Waals surface area contributed by atoms with Crippen LogP contribution in [0.15, 0.2) is 0 Å². The van der Waals surface area contributed by atoms with Crippen molar-refractivity contribution in [3.63, 3.8) is 0 Å². The van der Waals surface area contributed by atoms with Gasteiger partial charge in [-0.25, -0.2) is 0 Å². The Morgan fingerprint density at radius 2 is 2.10 bits per heavy atom. The predicted octanol–water partition coefficient (Wildman–Crippen LogP) is 0.216. The summed E-state index contributed by atoms with van der Waals surface area (Å²) >= 11 is 0. The highest BCUT2D eigenvalue weighted by Gasteiger charge is 2.64. The molecule has 0 aliphatic carbocycles. The van der Waals surface area contributed by atoms with E-state index in [0.29, 0.717) is 0 Å². The Kier molecular flexibility index (Phi) is 4.98. The van der Waals surface area contributed by atoms with Crippen molar-refractivity contribution < 1.29 is 32.6 Å². The molecule has 3 N–H and O–H groups in total. The quantitative estimate of drug-likeness (QED) is 0.757. The third-order valence-electron chi connectivity index (χ3n) is 3.48. The van der Waals surface area contributed by atoms with Gasteiger partial charge in [0.15, 0.2) is 5.41 Å². The van der Waals surface area contributed by atoms with Crippen molar-refractivity contribution in [3.05, 3.63) is 0 Å². The second kappa shape index (κ2) is 5.96. The maximum atomic E-state index is 12.9. The van der Waals surface area contributed by atoms with Crippen LogP contribution in [0.5, 0.6) is 0 Å². The number of amides is 1. The van der Waals surface area contributed by atoms with Gasteiger partial charge in [0.25, 0.3) is 0 Å². The Labute approximate surface area is 113 Å². The van der Waals surface area contributed by atoms with Gasteiger partial charge in [-0.15, -0.1) is 0 Å². The van der Waals surface area contributed by atoms with Gasteiger partial charge >= 0.3 is 12.1 Å². The van der Waals surface area contributed by atoms with Crippen LogP contribution in [-0.2, 0) is 14.3 Å². The fourth-order valence-corrected chi connectivity index (χ4v) is 2.13. The molecule has 0 saturated carbocycles. The van der Waals surface area contributed by atoms with Crippen molar-refractivity contribution in [1.82, 2.24) is 4.90 Å². The summed E-state index contributed by atoms with van der Waals surface area (Å²) in [6.45, 7) is -0.971. The van der Waals surface area contributed by atoms with Crippen molar-refractivity contribution in [2.75, 3.05) is 26.8 Å². The largest absolute Gasteiger partial charge is 0.481 e. The smallest absolute Gasteiger partial charge is 0.406 e. The maximum Gasteiger partial charge on any atom is 0.406 e. The number of halogens is 3. The van der Waals surface area contributed by atoms with Gasteiger partial charge in [-0.3, -0.25) is 9.59 Å². The molecule has 20 heavy (non-hydrogen) atoms. The van der Waals surface area contributed by atoms with E-state index in [0.717, 1.165) is 4.90 Å². The van der Waals surface area contributed by atoms with Crippen LogP contribution in [-0.4, -0.2) is 60.9 Å². The van der Waals surface area contributed by atoms with Gasteiger partial charge in [-0.2, -0.15) is 13.2 Å². The van der Waals surface area contributed by atoms with Crippen LogP contribution in [0.1, 0.15) is 12.8 Å². The third kappa shape index (κ3) is 3.04. The first-order valence-corrected chi connectivity index (χ1v) is 5.99. The molecule has 0 aromatic rings. The van der Waals surface area contributed by atoms with Gasteiger partial charge in [-0.1, -0.05) is 0 Å². The summed E-state index contributed by atoms with van der Waals surface area (Å²) in [5, 5.41) is 8.87. The molecule has 1 rings (SSSR count). The molecule has 6 nitrogen and oxygen atoms in total. The van der Waals surface area contributed by atoms with Crippen molar-refractivity contribution in [1.29, 1.82) is 0 Å². The van der Waals surface area contributed by atoms with Crippen molar-refractivity contribution in [2.24, 2.45) is 11.1 Å². The molecule has 116 valence electrons. The molecule has 1 aliphatic heterocycles. The molecule has 1 fully saturated rings. The summed E-state index contributed by atoms with van der Waals surface area (Å²) in [7, 11) is 1.41. The number of nitrogens with zero attached hydrogens (tertiary/aromatic N) is 1. The van der Waals surface area contributed by atoms with Crippen molar-refractivity contribution in [2.45, 2.75) is 25.1 Å². The summed E-state index contributed by atoms with van der Waals surface area (Å²) in [4.78, 5) is 23.7. The standard InChI is InChI=1S/C11H17F3N2O4/c1-20-5-2-7(15)8(17)16-4-3-10(6-16,9(18)19)11(12,13)14/h7H,2-6,15H2,1H3,(H,18,19). The number of nitrogens with two attached hydrogens (primary N) is 1. The van der Waals surface area contributed by atoms with Crippen molar-refractivity contribution in [3.8, 4) is 0 Å². The lowest BCUT2D eigenvalue weighted by molar-refractivity contribution is -0.227. The second-order valence-corrected chi connectivity index (χ2v) is 4.78. The van der Waals surface area contributed by atoms with Crippen LogP contribution in [0.25, 0.3) is 0 Å². The molecule has 0 bridgehead atoms. The zero-order valence-corrected chi connectivity index (χ0v) is 10.9. The van der Waals surface area contributed by atoms with E-state index in [9.17, 15) is 22.8 Å². The Hall–Kier alpha value is -1.35. The second-order valence-electron chi connectivity index (χ2n) is 4.78. The molecule has 1 amide bonds. The fraction of sp³-hybridized carbons (Fsp3) is 0.818. The molecule has 9 heteroatoms. The number of carboxylic acid groups (broad SMARTS) is 1. The van der Waals surface area contributed by atoms with Crippen LogP contribution >= 0.6 is 0 Å². The molecule has 2 unspecified atom stereocenters. The predicted molar refractivity (Wildman–Crippen MR) is 61.8 cm³/mol. The van der Waals surface area contributed by atoms with Crippen molar-refractivity contribution >= 4 is 11.9 Å². The number of likely N-dealkylation sites (tertiary alicyclic amines) is 1. The maximum absolute atomic E-state index is 12.9. The van der Waals surface area contributed by atoms with E-state index >= 15 is 0 Å². The average Bonchev–Trinajstić information content (AvgIpc) is 2.80. The lowest BCUT2D eigenvalue weighted by Gasteiger charge is -2.28. The summed E-state index contributed by atoms with van der Waals surface area (Å²) in [6, 6.07) is -0.993. The number of aliphatic carboxylic acids is 1. The number of carboxylic acids is 1. The molecule has 1 heterocycles. The lowest BCUT2D eigenvalue weighted by Crippen LogP contribution is -2.50. The third-order valence-corrected chi connectivity index (χ3v) is 3.48. The molecule has 1 aliphatic rings. The van der Waals surface area contributed by atoms with Gasteiger partial charge in [0.1, 0.15) is 0 Å². The molecule has 0 spiro atoms. The van der Waals surface area contributed by atoms with Gasteiger partial charge in [0.2, 0.25) is 5.91 Å². The monoisotopic (exact) mass is 298 g/mol. The van der Waals surface area contributed by atoms with E-state index in [4.69, 9.17) is 15.6 Å². The van der Waals surface area contributed by atoms with Crippen LogP contribution < -0.4 is 5.73 Å². The molecular formula is C11H17F3N2O4. The number of ether oxygens (including phenoxy) is 1.